The number of aryl methyl sites for hydroxylation is 2. The summed E-state index contributed by atoms with van der Waals surface area (Å²) in [6, 6.07) is 17.2. The molecule has 0 aliphatic carbocycles. The number of benzene rings is 4. The molecular weight excluding hydrogens is 296 g/mol. The Morgan fingerprint density at radius 3 is 1.96 bits per heavy atom. The minimum atomic E-state index is 0.889. The molecule has 0 fully saturated rings. The maximum atomic E-state index is 5.43. The average Bonchev–Trinajstić information content (AvgIpc) is 2.61. The van der Waals surface area contributed by atoms with E-state index in [1.807, 2.05) is 12.1 Å². The molecule has 24 heavy (non-hydrogen) atoms. The van der Waals surface area contributed by atoms with Gasteiger partial charge in [0.15, 0.2) is 0 Å². The van der Waals surface area contributed by atoms with Crippen LogP contribution in [0.15, 0.2) is 48.5 Å². The quantitative estimate of drug-likeness (QED) is 0.436. The smallest absolute Gasteiger partial charge is 0.119 e. The molecule has 0 N–H and O–H groups in total. The van der Waals surface area contributed by atoms with Crippen LogP contribution in [0.1, 0.15) is 11.1 Å². The SMILES string of the molecule is COc1ccc2c(c1)c(C)cc1c3cc(OC)ccc3cc(C)c21. The molecule has 0 atom stereocenters. The Kier molecular flexibility index (Phi) is 3.34. The summed E-state index contributed by atoms with van der Waals surface area (Å²) in [7, 11) is 3.42. The van der Waals surface area contributed by atoms with Crippen LogP contribution in [0.5, 0.6) is 11.5 Å². The molecule has 4 rings (SSSR count). The van der Waals surface area contributed by atoms with Gasteiger partial charge in [0.2, 0.25) is 0 Å². The monoisotopic (exact) mass is 316 g/mol. The second-order valence-corrected chi connectivity index (χ2v) is 6.31. The molecule has 0 aromatic heterocycles. The number of hydrogen-bond donors (Lipinski definition) is 0. The summed E-state index contributed by atoms with van der Waals surface area (Å²) in [6.45, 7) is 4.35. The third-order valence-corrected chi connectivity index (χ3v) is 4.87. The normalized spacial score (nSPS) is 11.3. The second-order valence-electron chi connectivity index (χ2n) is 6.31. The van der Waals surface area contributed by atoms with E-state index in [4.69, 9.17) is 9.47 Å². The van der Waals surface area contributed by atoms with Gasteiger partial charge in [-0.25, -0.2) is 0 Å². The Labute approximate surface area is 141 Å². The Hall–Kier alpha value is -2.74. The fraction of sp³-hybridized carbons (Fsp3) is 0.182. The molecule has 0 saturated heterocycles. The first-order valence-electron chi connectivity index (χ1n) is 8.11. The number of hydrogen-bond acceptors (Lipinski definition) is 2. The zero-order valence-electron chi connectivity index (χ0n) is 14.4. The van der Waals surface area contributed by atoms with Gasteiger partial charge in [-0.2, -0.15) is 0 Å². The van der Waals surface area contributed by atoms with E-state index >= 15 is 0 Å². The van der Waals surface area contributed by atoms with Crippen molar-refractivity contribution >= 4 is 32.3 Å². The molecule has 2 nitrogen and oxygen atoms in total. The van der Waals surface area contributed by atoms with Crippen LogP contribution in [-0.4, -0.2) is 14.2 Å². The standard InChI is InChI=1S/C22H20O2/c1-13-10-21-20-12-16(23-3)6-5-15(20)9-14(2)22(21)18-8-7-17(24-4)11-19(13)18/h5-12H,1-4H3. The first kappa shape index (κ1) is 14.8. The summed E-state index contributed by atoms with van der Waals surface area (Å²) < 4.78 is 10.8. The van der Waals surface area contributed by atoms with Crippen LogP contribution in [0, 0.1) is 13.8 Å². The van der Waals surface area contributed by atoms with Gasteiger partial charge in [-0.1, -0.05) is 24.3 Å². The lowest BCUT2D eigenvalue weighted by atomic mass is 9.91. The van der Waals surface area contributed by atoms with Crippen molar-refractivity contribution in [3.05, 3.63) is 59.7 Å². The van der Waals surface area contributed by atoms with Crippen molar-refractivity contribution in [2.24, 2.45) is 0 Å². The molecule has 0 spiro atoms. The maximum absolute atomic E-state index is 5.43. The van der Waals surface area contributed by atoms with Crippen molar-refractivity contribution < 1.29 is 9.47 Å². The van der Waals surface area contributed by atoms with Crippen molar-refractivity contribution in [2.75, 3.05) is 14.2 Å². The van der Waals surface area contributed by atoms with E-state index in [-0.39, 0.29) is 0 Å². The highest BCUT2D eigenvalue weighted by Gasteiger charge is 2.11. The molecule has 0 radical (unpaired) electrons. The number of rotatable bonds is 2. The highest BCUT2D eigenvalue weighted by molar-refractivity contribution is 6.19. The van der Waals surface area contributed by atoms with Crippen LogP contribution in [0.25, 0.3) is 32.3 Å². The van der Waals surface area contributed by atoms with Crippen LogP contribution in [0.2, 0.25) is 0 Å². The Bertz CT molecular complexity index is 1090. The Balaban J connectivity index is 2.22. The molecule has 0 unspecified atom stereocenters. The number of fused-ring (bicyclic) bond motifs is 5. The number of ether oxygens (including phenoxy) is 2. The summed E-state index contributed by atoms with van der Waals surface area (Å²) in [5, 5.41) is 7.57. The molecule has 0 aliphatic rings. The van der Waals surface area contributed by atoms with Gasteiger partial charge in [0.1, 0.15) is 11.5 Å². The van der Waals surface area contributed by atoms with E-state index in [1.165, 1.54) is 43.4 Å². The molecule has 2 heteroatoms. The zero-order chi connectivity index (χ0) is 16.8. The highest BCUT2D eigenvalue weighted by atomic mass is 16.5. The van der Waals surface area contributed by atoms with Crippen LogP contribution in [-0.2, 0) is 0 Å². The molecular formula is C22H20O2. The zero-order valence-corrected chi connectivity index (χ0v) is 14.4. The lowest BCUT2D eigenvalue weighted by Gasteiger charge is -2.14. The van der Waals surface area contributed by atoms with E-state index < -0.39 is 0 Å². The van der Waals surface area contributed by atoms with Crippen LogP contribution in [0.4, 0.5) is 0 Å². The summed E-state index contributed by atoms with van der Waals surface area (Å²) in [6.07, 6.45) is 0. The van der Waals surface area contributed by atoms with E-state index in [0.717, 1.165) is 11.5 Å². The van der Waals surface area contributed by atoms with Crippen molar-refractivity contribution in [2.45, 2.75) is 13.8 Å². The lowest BCUT2D eigenvalue weighted by Crippen LogP contribution is -1.90. The molecule has 120 valence electrons. The van der Waals surface area contributed by atoms with Crippen LogP contribution in [0.3, 0.4) is 0 Å². The summed E-state index contributed by atoms with van der Waals surface area (Å²) in [5.74, 6) is 1.78. The molecule has 0 bridgehead atoms. The first-order valence-corrected chi connectivity index (χ1v) is 8.11. The first-order chi connectivity index (χ1) is 11.6. The molecule has 0 saturated carbocycles. The van der Waals surface area contributed by atoms with Gasteiger partial charge in [-0.3, -0.25) is 0 Å². The number of methoxy groups -OCH3 is 2. The van der Waals surface area contributed by atoms with Crippen molar-refractivity contribution in [3.8, 4) is 11.5 Å². The predicted molar refractivity (Wildman–Crippen MR) is 102 cm³/mol. The third-order valence-electron chi connectivity index (χ3n) is 4.87. The van der Waals surface area contributed by atoms with Gasteiger partial charge < -0.3 is 9.47 Å². The molecule has 0 heterocycles. The van der Waals surface area contributed by atoms with Gasteiger partial charge in [-0.05, 0) is 81.6 Å². The minimum absolute atomic E-state index is 0.889. The highest BCUT2D eigenvalue weighted by Crippen LogP contribution is 2.38. The molecule has 4 aromatic carbocycles. The fourth-order valence-electron chi connectivity index (χ4n) is 3.67. The van der Waals surface area contributed by atoms with Crippen LogP contribution >= 0.6 is 0 Å². The van der Waals surface area contributed by atoms with E-state index in [0.29, 0.717) is 0 Å². The minimum Gasteiger partial charge on any atom is -0.497 e. The summed E-state index contributed by atoms with van der Waals surface area (Å²) >= 11 is 0. The van der Waals surface area contributed by atoms with Gasteiger partial charge >= 0.3 is 0 Å². The van der Waals surface area contributed by atoms with Gasteiger partial charge in [-0.15, -0.1) is 0 Å². The van der Waals surface area contributed by atoms with Crippen LogP contribution < -0.4 is 9.47 Å². The van der Waals surface area contributed by atoms with E-state index in [9.17, 15) is 0 Å². The molecule has 4 aromatic rings. The fourth-order valence-corrected chi connectivity index (χ4v) is 3.67. The predicted octanol–water partition coefficient (Wildman–Crippen LogP) is 5.78. The van der Waals surface area contributed by atoms with Gasteiger partial charge in [0.25, 0.3) is 0 Å². The van der Waals surface area contributed by atoms with Gasteiger partial charge in [0, 0.05) is 0 Å². The van der Waals surface area contributed by atoms with Crippen molar-refractivity contribution in [1.82, 2.24) is 0 Å². The van der Waals surface area contributed by atoms with Gasteiger partial charge in [0.05, 0.1) is 14.2 Å². The summed E-state index contributed by atoms with van der Waals surface area (Å²) in [5.41, 5.74) is 2.55. The second kappa shape index (κ2) is 5.41. The maximum Gasteiger partial charge on any atom is 0.119 e. The third kappa shape index (κ3) is 2.10. The average molecular weight is 316 g/mol. The van der Waals surface area contributed by atoms with Crippen molar-refractivity contribution in [3.63, 3.8) is 0 Å². The summed E-state index contributed by atoms with van der Waals surface area (Å²) in [4.78, 5) is 0. The molecule has 0 aliphatic heterocycles. The molecule has 0 amide bonds. The topological polar surface area (TPSA) is 18.5 Å². The van der Waals surface area contributed by atoms with Crippen molar-refractivity contribution in [1.29, 1.82) is 0 Å². The largest absolute Gasteiger partial charge is 0.497 e. The Morgan fingerprint density at radius 2 is 1.25 bits per heavy atom. The van der Waals surface area contributed by atoms with E-state index in [2.05, 4.69) is 50.2 Å². The Morgan fingerprint density at radius 1 is 0.583 bits per heavy atom. The lowest BCUT2D eigenvalue weighted by molar-refractivity contribution is 0.415. The van der Waals surface area contributed by atoms with E-state index in [1.54, 1.807) is 14.2 Å².